The Balaban J connectivity index is 1.80. The van der Waals surface area contributed by atoms with Crippen LogP contribution >= 0.6 is 0 Å². The fourth-order valence-corrected chi connectivity index (χ4v) is 4.45. The molecule has 0 radical (unpaired) electrons. The van der Waals surface area contributed by atoms with E-state index in [1.165, 1.54) is 56.9 Å². The Labute approximate surface area is 177 Å². The maximum atomic E-state index is 12.6. The summed E-state index contributed by atoms with van der Waals surface area (Å²) < 4.78 is 5.32. The quantitative estimate of drug-likeness (QED) is 0.211. The molecule has 0 N–H and O–H groups in total. The van der Waals surface area contributed by atoms with Gasteiger partial charge in [-0.25, -0.2) is 0 Å². The molecule has 1 aromatic rings. The van der Waals surface area contributed by atoms with Crippen LogP contribution in [-0.2, 0) is 9.53 Å². The summed E-state index contributed by atoms with van der Waals surface area (Å²) in [5.41, 5.74) is 1.98. The molecule has 0 heterocycles. The van der Waals surface area contributed by atoms with Crippen LogP contribution in [0.5, 0.6) is 0 Å². The van der Waals surface area contributed by atoms with E-state index in [4.69, 9.17) is 4.74 Å². The lowest BCUT2D eigenvalue weighted by Crippen LogP contribution is -2.24. The Morgan fingerprint density at radius 3 is 2.17 bits per heavy atom. The molecule has 0 amide bonds. The zero-order valence-corrected chi connectivity index (χ0v) is 18.8. The molecule has 0 aromatic heterocycles. The molecule has 1 fully saturated rings. The number of ketones is 1. The van der Waals surface area contributed by atoms with Crippen molar-refractivity contribution in [3.63, 3.8) is 0 Å². The summed E-state index contributed by atoms with van der Waals surface area (Å²) in [5.74, 6) is 1.15. The third kappa shape index (κ3) is 7.95. The number of hydrogen-bond acceptors (Lipinski definition) is 3. The van der Waals surface area contributed by atoms with Crippen molar-refractivity contribution < 1.29 is 14.3 Å². The van der Waals surface area contributed by atoms with Gasteiger partial charge < -0.3 is 4.74 Å². The van der Waals surface area contributed by atoms with Crippen LogP contribution in [0.25, 0.3) is 0 Å². The highest BCUT2D eigenvalue weighted by Crippen LogP contribution is 2.37. The van der Waals surface area contributed by atoms with Gasteiger partial charge >= 0.3 is 5.97 Å². The van der Waals surface area contributed by atoms with Gasteiger partial charge in [-0.1, -0.05) is 76.6 Å². The fraction of sp³-hybridized carbons (Fsp3) is 0.692. The van der Waals surface area contributed by atoms with Crippen molar-refractivity contribution in [2.24, 2.45) is 5.92 Å². The van der Waals surface area contributed by atoms with Crippen LogP contribution < -0.4 is 0 Å². The van der Waals surface area contributed by atoms with E-state index < -0.39 is 6.10 Å². The average molecular weight is 401 g/mol. The van der Waals surface area contributed by atoms with E-state index in [0.717, 1.165) is 25.2 Å². The topological polar surface area (TPSA) is 43.4 Å². The summed E-state index contributed by atoms with van der Waals surface area (Å²) in [6.45, 7) is 6.04. The van der Waals surface area contributed by atoms with Gasteiger partial charge in [-0.2, -0.15) is 0 Å². The van der Waals surface area contributed by atoms with Gasteiger partial charge in [0.2, 0.25) is 5.78 Å². The molecule has 162 valence electrons. The number of Topliss-reactive ketones (excluding diaryl/α,β-unsaturated/α-hetero) is 1. The Hall–Kier alpha value is -1.64. The molecule has 0 bridgehead atoms. The molecule has 29 heavy (non-hydrogen) atoms. The Morgan fingerprint density at radius 1 is 0.931 bits per heavy atom. The maximum absolute atomic E-state index is 12.6. The first-order valence-corrected chi connectivity index (χ1v) is 11.9. The minimum Gasteiger partial charge on any atom is -0.454 e. The number of hydrogen-bond donors (Lipinski definition) is 0. The first-order valence-electron chi connectivity index (χ1n) is 11.9. The normalized spacial score (nSPS) is 20.2. The predicted octanol–water partition coefficient (Wildman–Crippen LogP) is 7.24. The SMILES string of the molecule is CCCCCC(=O)OC(C)C(=O)c1ccc(C2CCC(CCCCC)CC2)cc1. The number of carbonyl (C=O) groups is 2. The van der Waals surface area contributed by atoms with Crippen molar-refractivity contribution >= 4 is 11.8 Å². The van der Waals surface area contributed by atoms with E-state index in [2.05, 4.69) is 26.0 Å². The van der Waals surface area contributed by atoms with Crippen molar-refractivity contribution in [3.05, 3.63) is 35.4 Å². The molecule has 3 nitrogen and oxygen atoms in total. The number of rotatable bonds is 12. The van der Waals surface area contributed by atoms with Crippen LogP contribution in [-0.4, -0.2) is 17.9 Å². The van der Waals surface area contributed by atoms with Gasteiger partial charge in [-0.05, 0) is 56.4 Å². The minimum atomic E-state index is -0.714. The molecule has 1 saturated carbocycles. The molecule has 3 heteroatoms. The van der Waals surface area contributed by atoms with Crippen LogP contribution in [0.4, 0.5) is 0 Å². The lowest BCUT2D eigenvalue weighted by Gasteiger charge is -2.29. The lowest BCUT2D eigenvalue weighted by atomic mass is 9.77. The molecule has 2 rings (SSSR count). The fourth-order valence-electron chi connectivity index (χ4n) is 4.45. The van der Waals surface area contributed by atoms with Gasteiger partial charge in [0, 0.05) is 12.0 Å². The van der Waals surface area contributed by atoms with E-state index in [9.17, 15) is 9.59 Å². The van der Waals surface area contributed by atoms with Crippen LogP contribution in [0.15, 0.2) is 24.3 Å². The second kappa shape index (κ2) is 12.8. The van der Waals surface area contributed by atoms with Gasteiger partial charge in [-0.15, -0.1) is 0 Å². The van der Waals surface area contributed by atoms with Crippen molar-refractivity contribution in [1.29, 1.82) is 0 Å². The first kappa shape index (κ1) is 23.6. The molecule has 1 unspecified atom stereocenters. The van der Waals surface area contributed by atoms with E-state index in [1.54, 1.807) is 6.92 Å². The number of carbonyl (C=O) groups excluding carboxylic acids is 2. The van der Waals surface area contributed by atoms with Gasteiger partial charge in [0.05, 0.1) is 0 Å². The predicted molar refractivity (Wildman–Crippen MR) is 119 cm³/mol. The summed E-state index contributed by atoms with van der Waals surface area (Å²) in [7, 11) is 0. The van der Waals surface area contributed by atoms with E-state index in [0.29, 0.717) is 17.9 Å². The summed E-state index contributed by atoms with van der Waals surface area (Å²) in [4.78, 5) is 24.4. The Morgan fingerprint density at radius 2 is 1.55 bits per heavy atom. The van der Waals surface area contributed by atoms with Crippen molar-refractivity contribution in [2.45, 2.75) is 110 Å². The van der Waals surface area contributed by atoms with Gasteiger partial charge in [0.25, 0.3) is 0 Å². The summed E-state index contributed by atoms with van der Waals surface area (Å²) >= 11 is 0. The van der Waals surface area contributed by atoms with Crippen LogP contribution in [0, 0.1) is 5.92 Å². The minimum absolute atomic E-state index is 0.111. The molecule has 1 atom stereocenters. The van der Waals surface area contributed by atoms with Crippen LogP contribution in [0.1, 0.15) is 120 Å². The third-order valence-electron chi connectivity index (χ3n) is 6.39. The Kier molecular flexibility index (Phi) is 10.5. The van der Waals surface area contributed by atoms with Crippen molar-refractivity contribution in [2.75, 3.05) is 0 Å². The smallest absolute Gasteiger partial charge is 0.306 e. The van der Waals surface area contributed by atoms with Crippen LogP contribution in [0.3, 0.4) is 0 Å². The highest BCUT2D eigenvalue weighted by molar-refractivity contribution is 6.00. The van der Waals surface area contributed by atoms with E-state index in [-0.39, 0.29) is 11.8 Å². The highest BCUT2D eigenvalue weighted by atomic mass is 16.5. The highest BCUT2D eigenvalue weighted by Gasteiger charge is 2.23. The average Bonchev–Trinajstić information content (AvgIpc) is 2.74. The zero-order valence-electron chi connectivity index (χ0n) is 18.8. The monoisotopic (exact) mass is 400 g/mol. The van der Waals surface area contributed by atoms with E-state index >= 15 is 0 Å². The molecule has 1 aliphatic carbocycles. The maximum Gasteiger partial charge on any atom is 0.306 e. The van der Waals surface area contributed by atoms with Gasteiger partial charge in [0.15, 0.2) is 6.10 Å². The van der Waals surface area contributed by atoms with Crippen LogP contribution in [0.2, 0.25) is 0 Å². The second-order valence-corrected chi connectivity index (χ2v) is 8.79. The number of esters is 1. The van der Waals surface area contributed by atoms with Crippen molar-refractivity contribution in [3.8, 4) is 0 Å². The number of ether oxygens (including phenoxy) is 1. The lowest BCUT2D eigenvalue weighted by molar-refractivity contribution is -0.146. The molecular weight excluding hydrogens is 360 g/mol. The van der Waals surface area contributed by atoms with Gasteiger partial charge in [0.1, 0.15) is 0 Å². The molecular formula is C26H40O3. The molecule has 1 aromatic carbocycles. The molecule has 1 aliphatic rings. The summed E-state index contributed by atoms with van der Waals surface area (Å²) in [6, 6.07) is 8.02. The number of benzene rings is 1. The van der Waals surface area contributed by atoms with E-state index in [1.807, 2.05) is 12.1 Å². The summed E-state index contributed by atoms with van der Waals surface area (Å²) in [6.07, 6.45) is 13.2. The van der Waals surface area contributed by atoms with Crippen molar-refractivity contribution in [1.82, 2.24) is 0 Å². The summed E-state index contributed by atoms with van der Waals surface area (Å²) in [5, 5.41) is 0. The second-order valence-electron chi connectivity index (χ2n) is 8.79. The zero-order chi connectivity index (χ0) is 21.1. The molecule has 0 spiro atoms. The first-order chi connectivity index (χ1) is 14.0. The number of unbranched alkanes of at least 4 members (excludes halogenated alkanes) is 4. The standard InChI is InChI=1S/C26H40O3/c1-4-6-8-10-21-12-14-22(15-13-21)23-16-18-24(19-17-23)26(28)20(3)29-25(27)11-9-7-5-2/h16-22H,4-15H2,1-3H3. The molecule has 0 saturated heterocycles. The third-order valence-corrected chi connectivity index (χ3v) is 6.39. The Bertz CT molecular complexity index is 611. The van der Waals surface area contributed by atoms with Gasteiger partial charge in [-0.3, -0.25) is 9.59 Å². The molecule has 0 aliphatic heterocycles. The largest absolute Gasteiger partial charge is 0.454 e.